The summed E-state index contributed by atoms with van der Waals surface area (Å²) in [5, 5.41) is 3.31. The number of methoxy groups -OCH3 is 1. The molecular weight excluding hydrogens is 252 g/mol. The lowest BCUT2D eigenvalue weighted by molar-refractivity contribution is 0.145. The highest BCUT2D eigenvalue weighted by Crippen LogP contribution is 2.29. The average molecular weight is 272 g/mol. The molecule has 1 aromatic heterocycles. The summed E-state index contributed by atoms with van der Waals surface area (Å²) in [6.07, 6.45) is 3.64. The largest absolute Gasteiger partial charge is 0.491 e. The van der Waals surface area contributed by atoms with Gasteiger partial charge in [0.05, 0.1) is 12.6 Å². The predicted molar refractivity (Wildman–Crippen MR) is 79.0 cm³/mol. The van der Waals surface area contributed by atoms with Gasteiger partial charge < -0.3 is 14.8 Å². The van der Waals surface area contributed by atoms with Crippen LogP contribution in [0.5, 0.6) is 5.75 Å². The molecule has 1 aromatic carbocycles. The summed E-state index contributed by atoms with van der Waals surface area (Å²) < 4.78 is 10.8. The van der Waals surface area contributed by atoms with Gasteiger partial charge in [0, 0.05) is 25.1 Å². The lowest BCUT2D eigenvalue weighted by Crippen LogP contribution is -2.19. The van der Waals surface area contributed by atoms with Crippen molar-refractivity contribution in [2.45, 2.75) is 6.04 Å². The van der Waals surface area contributed by atoms with Gasteiger partial charge in [0.1, 0.15) is 12.4 Å². The molecule has 2 rings (SSSR count). The van der Waals surface area contributed by atoms with Gasteiger partial charge in [-0.1, -0.05) is 24.3 Å². The van der Waals surface area contributed by atoms with Gasteiger partial charge in [-0.25, -0.2) is 0 Å². The molecule has 4 nitrogen and oxygen atoms in total. The highest BCUT2D eigenvalue weighted by molar-refractivity contribution is 5.40. The molecule has 106 valence electrons. The van der Waals surface area contributed by atoms with Crippen LogP contribution in [-0.2, 0) is 4.74 Å². The monoisotopic (exact) mass is 272 g/mol. The summed E-state index contributed by atoms with van der Waals surface area (Å²) in [5.41, 5.74) is 2.21. The molecule has 0 aliphatic heterocycles. The number of benzene rings is 1. The lowest BCUT2D eigenvalue weighted by atomic mass is 9.99. The van der Waals surface area contributed by atoms with E-state index >= 15 is 0 Å². The maximum absolute atomic E-state index is 5.80. The van der Waals surface area contributed by atoms with E-state index in [1.165, 1.54) is 0 Å². The molecule has 0 spiro atoms. The predicted octanol–water partition coefficient (Wildman–Crippen LogP) is 2.42. The molecule has 0 aliphatic rings. The fraction of sp³-hybridized carbons (Fsp3) is 0.312. The minimum atomic E-state index is 0.0578. The molecule has 2 aromatic rings. The molecule has 0 saturated heterocycles. The van der Waals surface area contributed by atoms with Gasteiger partial charge in [0.15, 0.2) is 0 Å². The average Bonchev–Trinajstić information content (AvgIpc) is 2.51. The zero-order valence-electron chi connectivity index (χ0n) is 11.9. The Labute approximate surface area is 119 Å². The van der Waals surface area contributed by atoms with E-state index in [1.54, 1.807) is 13.3 Å². The molecule has 1 atom stereocenters. The second-order valence-corrected chi connectivity index (χ2v) is 4.39. The van der Waals surface area contributed by atoms with Gasteiger partial charge in [-0.15, -0.1) is 0 Å². The van der Waals surface area contributed by atoms with Crippen molar-refractivity contribution in [1.82, 2.24) is 10.3 Å². The van der Waals surface area contributed by atoms with Crippen LogP contribution in [0.3, 0.4) is 0 Å². The van der Waals surface area contributed by atoms with E-state index < -0.39 is 0 Å². The first-order valence-electron chi connectivity index (χ1n) is 6.64. The summed E-state index contributed by atoms with van der Waals surface area (Å²) in [4.78, 5) is 4.18. The number of nitrogens with one attached hydrogen (secondary N) is 1. The first kappa shape index (κ1) is 14.5. The van der Waals surface area contributed by atoms with E-state index in [1.807, 2.05) is 37.5 Å². The zero-order chi connectivity index (χ0) is 14.2. The molecule has 20 heavy (non-hydrogen) atoms. The number of pyridine rings is 1. The minimum Gasteiger partial charge on any atom is -0.491 e. The summed E-state index contributed by atoms with van der Waals surface area (Å²) >= 11 is 0. The van der Waals surface area contributed by atoms with Crippen LogP contribution in [0.25, 0.3) is 0 Å². The van der Waals surface area contributed by atoms with Gasteiger partial charge in [-0.3, -0.25) is 4.98 Å². The number of nitrogens with zero attached hydrogens (tertiary/aromatic N) is 1. The third kappa shape index (κ3) is 3.56. The standard InChI is InChI=1S/C16H20N2O2/c1-17-16(13-6-5-9-18-12-13)14-7-3-4-8-15(14)20-11-10-19-2/h3-9,12,16-17H,10-11H2,1-2H3. The Bertz CT molecular complexity index is 517. The SMILES string of the molecule is CNC(c1cccnc1)c1ccccc1OCCOC. The van der Waals surface area contributed by atoms with Crippen molar-refractivity contribution in [3.05, 3.63) is 59.9 Å². The Kier molecular flexibility index (Phi) is 5.53. The van der Waals surface area contributed by atoms with Gasteiger partial charge in [-0.2, -0.15) is 0 Å². The molecule has 0 amide bonds. The lowest BCUT2D eigenvalue weighted by Gasteiger charge is -2.20. The number of hydrogen-bond donors (Lipinski definition) is 1. The van der Waals surface area contributed by atoms with E-state index in [0.717, 1.165) is 16.9 Å². The Balaban J connectivity index is 2.25. The Morgan fingerprint density at radius 3 is 2.70 bits per heavy atom. The summed E-state index contributed by atoms with van der Waals surface area (Å²) in [6.45, 7) is 1.11. The maximum Gasteiger partial charge on any atom is 0.124 e. The van der Waals surface area contributed by atoms with Crippen molar-refractivity contribution >= 4 is 0 Å². The summed E-state index contributed by atoms with van der Waals surface area (Å²) in [5.74, 6) is 0.868. The second-order valence-electron chi connectivity index (χ2n) is 4.39. The van der Waals surface area contributed by atoms with Crippen LogP contribution in [0.2, 0.25) is 0 Å². The van der Waals surface area contributed by atoms with E-state index in [0.29, 0.717) is 13.2 Å². The normalized spacial score (nSPS) is 12.1. The highest BCUT2D eigenvalue weighted by Gasteiger charge is 2.16. The first-order chi connectivity index (χ1) is 9.86. The van der Waals surface area contributed by atoms with Crippen molar-refractivity contribution in [3.8, 4) is 5.75 Å². The quantitative estimate of drug-likeness (QED) is 0.786. The van der Waals surface area contributed by atoms with Crippen LogP contribution in [-0.4, -0.2) is 32.4 Å². The van der Waals surface area contributed by atoms with Crippen molar-refractivity contribution in [2.75, 3.05) is 27.4 Å². The van der Waals surface area contributed by atoms with E-state index in [9.17, 15) is 0 Å². The highest BCUT2D eigenvalue weighted by atomic mass is 16.5. The van der Waals surface area contributed by atoms with Crippen molar-refractivity contribution in [1.29, 1.82) is 0 Å². The van der Waals surface area contributed by atoms with E-state index in [4.69, 9.17) is 9.47 Å². The van der Waals surface area contributed by atoms with Crippen LogP contribution >= 0.6 is 0 Å². The van der Waals surface area contributed by atoms with Crippen LogP contribution in [0, 0.1) is 0 Å². The summed E-state index contributed by atoms with van der Waals surface area (Å²) in [6, 6.07) is 12.1. The number of para-hydroxylation sites is 1. The van der Waals surface area contributed by atoms with E-state index in [2.05, 4.69) is 22.4 Å². The molecule has 4 heteroatoms. The Morgan fingerprint density at radius 2 is 2.00 bits per heavy atom. The number of hydrogen-bond acceptors (Lipinski definition) is 4. The number of aromatic nitrogens is 1. The van der Waals surface area contributed by atoms with Crippen LogP contribution in [0.4, 0.5) is 0 Å². The number of rotatable bonds is 7. The Morgan fingerprint density at radius 1 is 1.15 bits per heavy atom. The topological polar surface area (TPSA) is 43.4 Å². The van der Waals surface area contributed by atoms with Gasteiger partial charge in [0.2, 0.25) is 0 Å². The van der Waals surface area contributed by atoms with Crippen molar-refractivity contribution in [2.24, 2.45) is 0 Å². The van der Waals surface area contributed by atoms with Gasteiger partial charge >= 0.3 is 0 Å². The third-order valence-corrected chi connectivity index (χ3v) is 3.08. The molecule has 1 heterocycles. The van der Waals surface area contributed by atoms with Crippen molar-refractivity contribution in [3.63, 3.8) is 0 Å². The van der Waals surface area contributed by atoms with Crippen LogP contribution in [0.15, 0.2) is 48.8 Å². The van der Waals surface area contributed by atoms with Gasteiger partial charge in [-0.05, 0) is 24.7 Å². The number of ether oxygens (including phenoxy) is 2. The first-order valence-corrected chi connectivity index (χ1v) is 6.64. The Hall–Kier alpha value is -1.91. The third-order valence-electron chi connectivity index (χ3n) is 3.08. The molecule has 1 N–H and O–H groups in total. The maximum atomic E-state index is 5.80. The fourth-order valence-electron chi connectivity index (χ4n) is 2.13. The minimum absolute atomic E-state index is 0.0578. The smallest absolute Gasteiger partial charge is 0.124 e. The van der Waals surface area contributed by atoms with Crippen LogP contribution < -0.4 is 10.1 Å². The van der Waals surface area contributed by atoms with Gasteiger partial charge in [0.25, 0.3) is 0 Å². The molecule has 0 fully saturated rings. The molecule has 0 saturated carbocycles. The molecule has 0 aliphatic carbocycles. The van der Waals surface area contributed by atoms with Crippen molar-refractivity contribution < 1.29 is 9.47 Å². The zero-order valence-corrected chi connectivity index (χ0v) is 11.9. The molecule has 0 radical (unpaired) electrons. The second kappa shape index (κ2) is 7.62. The molecule has 0 bridgehead atoms. The molecular formula is C16H20N2O2. The van der Waals surface area contributed by atoms with E-state index in [-0.39, 0.29) is 6.04 Å². The molecule has 1 unspecified atom stereocenters. The fourth-order valence-corrected chi connectivity index (χ4v) is 2.13. The van der Waals surface area contributed by atoms with Crippen LogP contribution in [0.1, 0.15) is 17.2 Å². The summed E-state index contributed by atoms with van der Waals surface area (Å²) in [7, 11) is 3.60.